The standard InChI is InChI=1S/C13H14ClN3O2S/c1-8-11(20-7-16-8)5-6-19-10-4-2-3-9(14)12(10)13(15)17-18/h2-4,7,18H,5-6H2,1H3,(H2,15,17). The zero-order valence-electron chi connectivity index (χ0n) is 10.8. The number of hydrogen-bond acceptors (Lipinski definition) is 5. The van der Waals surface area contributed by atoms with Gasteiger partial charge < -0.3 is 15.7 Å². The zero-order chi connectivity index (χ0) is 14.5. The van der Waals surface area contributed by atoms with Gasteiger partial charge in [0.25, 0.3) is 0 Å². The second kappa shape index (κ2) is 6.58. The van der Waals surface area contributed by atoms with Crippen molar-refractivity contribution in [2.45, 2.75) is 13.3 Å². The van der Waals surface area contributed by atoms with Crippen molar-refractivity contribution in [3.63, 3.8) is 0 Å². The summed E-state index contributed by atoms with van der Waals surface area (Å²) in [6.45, 7) is 2.43. The molecule has 0 aliphatic rings. The van der Waals surface area contributed by atoms with Gasteiger partial charge >= 0.3 is 0 Å². The first-order valence-electron chi connectivity index (χ1n) is 5.91. The van der Waals surface area contributed by atoms with E-state index in [0.717, 1.165) is 12.1 Å². The molecule has 2 aromatic rings. The van der Waals surface area contributed by atoms with E-state index in [1.165, 1.54) is 4.88 Å². The van der Waals surface area contributed by atoms with Gasteiger partial charge in [0.15, 0.2) is 5.84 Å². The Hall–Kier alpha value is -1.79. The van der Waals surface area contributed by atoms with Gasteiger partial charge in [0, 0.05) is 11.3 Å². The van der Waals surface area contributed by atoms with Gasteiger partial charge in [-0.2, -0.15) is 0 Å². The molecule has 0 saturated carbocycles. The number of aromatic nitrogens is 1. The minimum atomic E-state index is -0.0698. The Morgan fingerprint density at radius 1 is 1.55 bits per heavy atom. The lowest BCUT2D eigenvalue weighted by molar-refractivity contribution is 0.314. The van der Waals surface area contributed by atoms with Crippen LogP contribution in [0.1, 0.15) is 16.1 Å². The number of hydrogen-bond donors (Lipinski definition) is 2. The number of nitrogens with zero attached hydrogens (tertiary/aromatic N) is 2. The van der Waals surface area contributed by atoms with Crippen LogP contribution in [0.5, 0.6) is 5.75 Å². The van der Waals surface area contributed by atoms with Crippen LogP contribution in [0.4, 0.5) is 0 Å². The predicted molar refractivity (Wildman–Crippen MR) is 80.0 cm³/mol. The first-order chi connectivity index (χ1) is 9.63. The molecule has 20 heavy (non-hydrogen) atoms. The fourth-order valence-corrected chi connectivity index (χ4v) is 2.77. The maximum atomic E-state index is 8.79. The molecule has 0 atom stereocenters. The maximum absolute atomic E-state index is 8.79. The van der Waals surface area contributed by atoms with Gasteiger partial charge in [-0.15, -0.1) is 11.3 Å². The highest BCUT2D eigenvalue weighted by Crippen LogP contribution is 2.26. The molecule has 5 nitrogen and oxygen atoms in total. The molecule has 0 fully saturated rings. The van der Waals surface area contributed by atoms with E-state index in [0.29, 0.717) is 22.9 Å². The number of aryl methyl sites for hydroxylation is 1. The number of halogens is 1. The normalized spacial score (nSPS) is 11.6. The number of rotatable bonds is 5. The largest absolute Gasteiger partial charge is 0.492 e. The third-order valence-corrected chi connectivity index (χ3v) is 4.08. The molecular weight excluding hydrogens is 298 g/mol. The molecule has 0 amide bonds. The molecule has 0 bridgehead atoms. The third kappa shape index (κ3) is 3.20. The summed E-state index contributed by atoms with van der Waals surface area (Å²) in [6.07, 6.45) is 0.749. The Kier molecular flexibility index (Phi) is 4.81. The zero-order valence-corrected chi connectivity index (χ0v) is 12.4. The van der Waals surface area contributed by atoms with Crippen molar-refractivity contribution in [1.29, 1.82) is 0 Å². The first-order valence-corrected chi connectivity index (χ1v) is 7.17. The lowest BCUT2D eigenvalue weighted by atomic mass is 10.2. The first kappa shape index (κ1) is 14.6. The van der Waals surface area contributed by atoms with Gasteiger partial charge in [-0.05, 0) is 19.1 Å². The third-order valence-electron chi connectivity index (χ3n) is 2.77. The second-order valence-corrected chi connectivity index (χ2v) is 5.40. The maximum Gasteiger partial charge on any atom is 0.175 e. The molecule has 106 valence electrons. The van der Waals surface area contributed by atoms with Crippen LogP contribution in [0.2, 0.25) is 5.02 Å². The van der Waals surface area contributed by atoms with E-state index >= 15 is 0 Å². The minimum absolute atomic E-state index is 0.0698. The van der Waals surface area contributed by atoms with Gasteiger partial charge in [-0.25, -0.2) is 4.98 Å². The van der Waals surface area contributed by atoms with Crippen molar-refractivity contribution in [3.8, 4) is 5.75 Å². The Morgan fingerprint density at radius 2 is 2.35 bits per heavy atom. The van der Waals surface area contributed by atoms with E-state index in [4.69, 9.17) is 27.3 Å². The summed E-state index contributed by atoms with van der Waals surface area (Å²) in [6, 6.07) is 5.15. The topological polar surface area (TPSA) is 80.7 Å². The summed E-state index contributed by atoms with van der Waals surface area (Å²) < 4.78 is 5.69. The molecule has 0 aliphatic carbocycles. The van der Waals surface area contributed by atoms with Crippen LogP contribution in [-0.4, -0.2) is 22.6 Å². The van der Waals surface area contributed by atoms with E-state index in [2.05, 4.69) is 10.1 Å². The van der Waals surface area contributed by atoms with Crippen LogP contribution >= 0.6 is 22.9 Å². The van der Waals surface area contributed by atoms with Crippen LogP contribution in [0.15, 0.2) is 28.9 Å². The quantitative estimate of drug-likeness (QED) is 0.385. The molecule has 3 N–H and O–H groups in total. The molecule has 0 aliphatic heterocycles. The number of ether oxygens (including phenoxy) is 1. The van der Waals surface area contributed by atoms with Crippen molar-refractivity contribution < 1.29 is 9.94 Å². The summed E-state index contributed by atoms with van der Waals surface area (Å²) in [4.78, 5) is 5.36. The lowest BCUT2D eigenvalue weighted by Crippen LogP contribution is -2.16. The average Bonchev–Trinajstić information content (AvgIpc) is 2.84. The van der Waals surface area contributed by atoms with Gasteiger partial charge in [0.05, 0.1) is 28.4 Å². The van der Waals surface area contributed by atoms with Crippen molar-refractivity contribution in [2.75, 3.05) is 6.61 Å². The molecule has 0 saturated heterocycles. The average molecular weight is 312 g/mol. The second-order valence-electron chi connectivity index (χ2n) is 4.06. The fraction of sp³-hybridized carbons (Fsp3) is 0.231. The van der Waals surface area contributed by atoms with Gasteiger partial charge in [0.1, 0.15) is 5.75 Å². The molecule has 7 heteroatoms. The van der Waals surface area contributed by atoms with E-state index in [1.807, 2.05) is 12.4 Å². The molecule has 2 rings (SSSR count). The van der Waals surface area contributed by atoms with Gasteiger partial charge in [0.2, 0.25) is 0 Å². The highest BCUT2D eigenvalue weighted by atomic mass is 35.5. The van der Waals surface area contributed by atoms with Crippen molar-refractivity contribution >= 4 is 28.8 Å². The highest BCUT2D eigenvalue weighted by molar-refractivity contribution is 7.09. The van der Waals surface area contributed by atoms with E-state index < -0.39 is 0 Å². The number of thiazole rings is 1. The highest BCUT2D eigenvalue weighted by Gasteiger charge is 2.13. The van der Waals surface area contributed by atoms with Crippen molar-refractivity contribution in [1.82, 2.24) is 4.98 Å². The molecule has 1 heterocycles. The molecule has 0 unspecified atom stereocenters. The smallest absolute Gasteiger partial charge is 0.175 e. The van der Waals surface area contributed by atoms with Crippen LogP contribution in [-0.2, 0) is 6.42 Å². The SMILES string of the molecule is Cc1ncsc1CCOc1cccc(Cl)c1C(N)=NO. The van der Waals surface area contributed by atoms with E-state index in [9.17, 15) is 0 Å². The van der Waals surface area contributed by atoms with Gasteiger partial charge in [-0.1, -0.05) is 22.8 Å². The van der Waals surface area contributed by atoms with Crippen LogP contribution < -0.4 is 10.5 Å². The Balaban J connectivity index is 2.10. The van der Waals surface area contributed by atoms with Crippen LogP contribution in [0.25, 0.3) is 0 Å². The molecule has 1 aromatic heterocycles. The van der Waals surface area contributed by atoms with Gasteiger partial charge in [-0.3, -0.25) is 0 Å². The molecule has 1 aromatic carbocycles. The van der Waals surface area contributed by atoms with Crippen LogP contribution in [0.3, 0.4) is 0 Å². The summed E-state index contributed by atoms with van der Waals surface area (Å²) in [5.41, 5.74) is 8.84. The summed E-state index contributed by atoms with van der Waals surface area (Å²) in [5, 5.41) is 12.1. The fourth-order valence-electron chi connectivity index (χ4n) is 1.74. The lowest BCUT2D eigenvalue weighted by Gasteiger charge is -2.11. The Morgan fingerprint density at radius 3 is 3.00 bits per heavy atom. The van der Waals surface area contributed by atoms with E-state index in [1.54, 1.807) is 29.5 Å². The number of nitrogens with two attached hydrogens (primary N) is 1. The van der Waals surface area contributed by atoms with Crippen LogP contribution in [0, 0.1) is 6.92 Å². The van der Waals surface area contributed by atoms with Crippen molar-refractivity contribution in [2.24, 2.45) is 10.9 Å². The number of amidine groups is 1. The van der Waals surface area contributed by atoms with Crippen molar-refractivity contribution in [3.05, 3.63) is 44.9 Å². The number of oxime groups is 1. The monoisotopic (exact) mass is 311 g/mol. The summed E-state index contributed by atoms with van der Waals surface area (Å²) >= 11 is 7.64. The van der Waals surface area contributed by atoms with E-state index in [-0.39, 0.29) is 5.84 Å². The molecular formula is C13H14ClN3O2S. The predicted octanol–water partition coefficient (Wildman–Crippen LogP) is 2.82. The summed E-state index contributed by atoms with van der Waals surface area (Å²) in [7, 11) is 0. The molecule has 0 spiro atoms. The number of benzene rings is 1. The summed E-state index contributed by atoms with van der Waals surface area (Å²) in [5.74, 6) is 0.425. The Labute approximate surface area is 125 Å². The minimum Gasteiger partial charge on any atom is -0.492 e. The molecule has 0 radical (unpaired) electrons. The Bertz CT molecular complexity index is 628.